The van der Waals surface area contributed by atoms with Crippen LogP contribution in [-0.4, -0.2) is 20.0 Å². The molecule has 0 spiro atoms. The molecule has 0 amide bonds. The Morgan fingerprint density at radius 3 is 2.48 bits per heavy atom. The number of rotatable bonds is 4. The van der Waals surface area contributed by atoms with Crippen molar-refractivity contribution in [3.05, 3.63) is 58.1 Å². The maximum atomic E-state index is 12.6. The average molecular weight is 302 g/mol. The molecule has 2 aromatic rings. The summed E-state index contributed by atoms with van der Waals surface area (Å²) in [6.45, 7) is 0. The van der Waals surface area contributed by atoms with Crippen molar-refractivity contribution >= 4 is 17.4 Å². The van der Waals surface area contributed by atoms with Crippen molar-refractivity contribution in [3.63, 3.8) is 0 Å². The highest BCUT2D eigenvalue weighted by molar-refractivity contribution is 6.32. The first-order valence-corrected chi connectivity index (χ1v) is 6.45. The Bertz CT molecular complexity index is 735. The molecule has 0 N–H and O–H groups in total. The summed E-state index contributed by atoms with van der Waals surface area (Å²) in [6, 6.07) is 11.5. The van der Waals surface area contributed by atoms with Gasteiger partial charge in [-0.2, -0.15) is 5.26 Å². The lowest BCUT2D eigenvalue weighted by atomic mass is 10.0. The molecule has 5 heteroatoms. The molecular weight excluding hydrogens is 290 g/mol. The van der Waals surface area contributed by atoms with E-state index in [1.807, 2.05) is 6.07 Å². The molecule has 0 saturated carbocycles. The number of nitrogens with zero attached hydrogens (tertiary/aromatic N) is 1. The average Bonchev–Trinajstić information content (AvgIpc) is 2.53. The van der Waals surface area contributed by atoms with Crippen LogP contribution in [0.5, 0.6) is 11.5 Å². The third-order valence-electron chi connectivity index (χ3n) is 2.97. The van der Waals surface area contributed by atoms with E-state index in [4.69, 9.17) is 26.3 Å². The minimum absolute atomic E-state index is 0.270. The van der Waals surface area contributed by atoms with Crippen molar-refractivity contribution in [1.29, 1.82) is 5.26 Å². The van der Waals surface area contributed by atoms with Crippen LogP contribution in [-0.2, 0) is 0 Å². The van der Waals surface area contributed by atoms with Crippen LogP contribution >= 0.6 is 11.6 Å². The number of ether oxygens (including phenoxy) is 2. The highest BCUT2D eigenvalue weighted by atomic mass is 35.5. The summed E-state index contributed by atoms with van der Waals surface area (Å²) < 4.78 is 10.3. The van der Waals surface area contributed by atoms with Crippen LogP contribution in [0.3, 0.4) is 0 Å². The van der Waals surface area contributed by atoms with Gasteiger partial charge in [0.15, 0.2) is 5.78 Å². The monoisotopic (exact) mass is 301 g/mol. The number of carbonyl (C=O) groups excluding carboxylic acids is 1. The summed E-state index contributed by atoms with van der Waals surface area (Å²) in [4.78, 5) is 12.6. The summed E-state index contributed by atoms with van der Waals surface area (Å²) in [5, 5.41) is 9.22. The molecule has 0 aliphatic carbocycles. The van der Waals surface area contributed by atoms with Gasteiger partial charge >= 0.3 is 0 Å². The van der Waals surface area contributed by atoms with E-state index in [1.165, 1.54) is 26.4 Å². The number of ketones is 1. The Labute approximate surface area is 127 Å². The number of hydrogen-bond acceptors (Lipinski definition) is 4. The first-order valence-electron chi connectivity index (χ1n) is 6.07. The Morgan fingerprint density at radius 1 is 1.14 bits per heavy atom. The van der Waals surface area contributed by atoms with Crippen molar-refractivity contribution in [3.8, 4) is 17.6 Å². The molecule has 0 radical (unpaired) electrons. The van der Waals surface area contributed by atoms with Gasteiger partial charge in [0.1, 0.15) is 11.5 Å². The Kier molecular flexibility index (Phi) is 4.46. The third-order valence-corrected chi connectivity index (χ3v) is 3.27. The molecule has 0 aliphatic rings. The van der Waals surface area contributed by atoms with Crippen LogP contribution < -0.4 is 9.47 Å². The van der Waals surface area contributed by atoms with Crippen molar-refractivity contribution in [2.45, 2.75) is 0 Å². The molecule has 0 fully saturated rings. The predicted octanol–water partition coefficient (Wildman–Crippen LogP) is 3.46. The fourth-order valence-corrected chi connectivity index (χ4v) is 2.16. The van der Waals surface area contributed by atoms with Crippen LogP contribution in [0, 0.1) is 11.3 Å². The molecule has 0 aliphatic heterocycles. The van der Waals surface area contributed by atoms with E-state index in [2.05, 4.69) is 0 Å². The van der Waals surface area contributed by atoms with Gasteiger partial charge in [-0.15, -0.1) is 0 Å². The van der Waals surface area contributed by atoms with E-state index in [-0.39, 0.29) is 5.78 Å². The van der Waals surface area contributed by atoms with Gasteiger partial charge in [0.25, 0.3) is 0 Å². The topological polar surface area (TPSA) is 59.3 Å². The van der Waals surface area contributed by atoms with Crippen LogP contribution in [0.4, 0.5) is 0 Å². The summed E-state index contributed by atoms with van der Waals surface area (Å²) in [6.07, 6.45) is 0. The molecule has 0 bridgehead atoms. The quantitative estimate of drug-likeness (QED) is 0.811. The van der Waals surface area contributed by atoms with Gasteiger partial charge in [0, 0.05) is 11.6 Å². The molecule has 2 rings (SSSR count). The molecular formula is C16H12ClNO3. The molecule has 21 heavy (non-hydrogen) atoms. The Hall–Kier alpha value is -2.51. The number of methoxy groups -OCH3 is 2. The second-order valence-corrected chi connectivity index (χ2v) is 4.62. The summed E-state index contributed by atoms with van der Waals surface area (Å²) in [7, 11) is 2.95. The Morgan fingerprint density at radius 2 is 1.86 bits per heavy atom. The zero-order chi connectivity index (χ0) is 15.4. The summed E-state index contributed by atoms with van der Waals surface area (Å²) in [5.41, 5.74) is 1.13. The fraction of sp³-hybridized carbons (Fsp3) is 0.125. The molecule has 0 unspecified atom stereocenters. The lowest BCUT2D eigenvalue weighted by molar-refractivity contribution is 0.103. The van der Waals surface area contributed by atoms with Crippen molar-refractivity contribution in [2.24, 2.45) is 0 Å². The van der Waals surface area contributed by atoms with Gasteiger partial charge in [-0.25, -0.2) is 0 Å². The molecule has 106 valence electrons. The SMILES string of the molecule is COc1cc(OC)c(C(=O)c2cccc(C#N)c2)cc1Cl. The lowest BCUT2D eigenvalue weighted by Gasteiger charge is -2.11. The Balaban J connectivity index is 2.52. The van der Waals surface area contributed by atoms with Crippen LogP contribution in [0.2, 0.25) is 5.02 Å². The molecule has 0 aromatic heterocycles. The number of nitriles is 1. The standard InChI is InChI=1S/C16H12ClNO3/c1-20-14-8-15(21-2)13(17)7-12(14)16(19)11-5-3-4-10(6-11)9-18/h3-8H,1-2H3. The zero-order valence-electron chi connectivity index (χ0n) is 11.5. The third kappa shape index (κ3) is 2.99. The maximum absolute atomic E-state index is 12.6. The molecule has 0 atom stereocenters. The largest absolute Gasteiger partial charge is 0.496 e. The van der Waals surface area contributed by atoms with E-state index in [0.717, 1.165) is 0 Å². The number of halogens is 1. The van der Waals surface area contributed by atoms with Gasteiger partial charge in [-0.1, -0.05) is 23.7 Å². The highest BCUT2D eigenvalue weighted by Crippen LogP contribution is 2.33. The number of benzene rings is 2. The maximum Gasteiger partial charge on any atom is 0.196 e. The van der Waals surface area contributed by atoms with Gasteiger partial charge in [-0.05, 0) is 18.2 Å². The van der Waals surface area contributed by atoms with E-state index in [0.29, 0.717) is 33.2 Å². The highest BCUT2D eigenvalue weighted by Gasteiger charge is 2.18. The minimum Gasteiger partial charge on any atom is -0.496 e. The zero-order valence-corrected chi connectivity index (χ0v) is 12.3. The summed E-state index contributed by atoms with van der Waals surface area (Å²) >= 11 is 6.06. The van der Waals surface area contributed by atoms with Crippen LogP contribution in [0.25, 0.3) is 0 Å². The van der Waals surface area contributed by atoms with Crippen LogP contribution in [0.1, 0.15) is 21.5 Å². The van der Waals surface area contributed by atoms with E-state index in [9.17, 15) is 4.79 Å². The number of carbonyl (C=O) groups is 1. The van der Waals surface area contributed by atoms with E-state index in [1.54, 1.807) is 24.3 Å². The minimum atomic E-state index is -0.270. The predicted molar refractivity (Wildman–Crippen MR) is 79.1 cm³/mol. The molecule has 2 aromatic carbocycles. The van der Waals surface area contributed by atoms with Crippen molar-refractivity contribution in [1.82, 2.24) is 0 Å². The van der Waals surface area contributed by atoms with Crippen molar-refractivity contribution < 1.29 is 14.3 Å². The van der Waals surface area contributed by atoms with Gasteiger partial charge in [0.05, 0.1) is 36.4 Å². The first kappa shape index (κ1) is 14.9. The fourth-order valence-electron chi connectivity index (χ4n) is 1.92. The second kappa shape index (κ2) is 6.29. The van der Waals surface area contributed by atoms with Gasteiger partial charge in [-0.3, -0.25) is 4.79 Å². The first-order chi connectivity index (χ1) is 10.1. The van der Waals surface area contributed by atoms with Gasteiger partial charge in [0.2, 0.25) is 0 Å². The number of hydrogen-bond donors (Lipinski definition) is 0. The summed E-state index contributed by atoms with van der Waals surface area (Å²) in [5.74, 6) is 0.521. The molecule has 0 saturated heterocycles. The van der Waals surface area contributed by atoms with Crippen LogP contribution in [0.15, 0.2) is 36.4 Å². The normalized spacial score (nSPS) is 9.81. The lowest BCUT2D eigenvalue weighted by Crippen LogP contribution is -2.05. The van der Waals surface area contributed by atoms with E-state index >= 15 is 0 Å². The smallest absolute Gasteiger partial charge is 0.196 e. The molecule has 4 nitrogen and oxygen atoms in total. The van der Waals surface area contributed by atoms with Crippen molar-refractivity contribution in [2.75, 3.05) is 14.2 Å². The van der Waals surface area contributed by atoms with E-state index < -0.39 is 0 Å². The van der Waals surface area contributed by atoms with Gasteiger partial charge < -0.3 is 9.47 Å². The second-order valence-electron chi connectivity index (χ2n) is 4.21. The molecule has 0 heterocycles.